The number of nitrogens with one attached hydrogen (secondary N) is 1. The lowest BCUT2D eigenvalue weighted by atomic mass is 10.2. The zero-order valence-electron chi connectivity index (χ0n) is 10.9. The number of nitrogens with zero attached hydrogens (tertiary/aromatic N) is 1. The van der Waals surface area contributed by atoms with E-state index in [1.165, 1.54) is 42.7 Å². The number of aromatic amines is 1. The van der Waals surface area contributed by atoms with E-state index in [1.807, 2.05) is 0 Å². The van der Waals surface area contributed by atoms with Crippen LogP contribution >= 0.6 is 0 Å². The minimum Gasteiger partial charge on any atom is -0.478 e. The number of aliphatic hydroxyl groups excluding tert-OH is 1. The summed E-state index contributed by atoms with van der Waals surface area (Å²) in [6.45, 7) is -0.482. The lowest BCUT2D eigenvalue weighted by Gasteiger charge is -2.23. The average Bonchev–Trinajstić information content (AvgIpc) is 2.99. The van der Waals surface area contributed by atoms with E-state index in [-0.39, 0.29) is 29.3 Å². The second-order valence-electron chi connectivity index (χ2n) is 4.20. The Labute approximate surface area is 121 Å². The summed E-state index contributed by atoms with van der Waals surface area (Å²) in [6, 6.07) is 6.82. The third-order valence-electron chi connectivity index (χ3n) is 2.86. The van der Waals surface area contributed by atoms with Crippen LogP contribution in [0.2, 0.25) is 0 Å². The van der Waals surface area contributed by atoms with Gasteiger partial charge in [0.2, 0.25) is 0 Å². The maximum atomic E-state index is 12.5. The van der Waals surface area contributed by atoms with Crippen molar-refractivity contribution in [2.75, 3.05) is 17.5 Å². The van der Waals surface area contributed by atoms with Crippen LogP contribution in [0.3, 0.4) is 0 Å². The summed E-state index contributed by atoms with van der Waals surface area (Å²) < 4.78 is 26.0. The molecule has 1 aromatic carbocycles. The van der Waals surface area contributed by atoms with Crippen molar-refractivity contribution in [3.05, 3.63) is 48.3 Å². The number of H-pyrrole nitrogens is 1. The summed E-state index contributed by atoms with van der Waals surface area (Å²) in [5.41, 5.74) is 0.344. The van der Waals surface area contributed by atoms with Crippen molar-refractivity contribution in [2.24, 2.45) is 0 Å². The van der Waals surface area contributed by atoms with Crippen LogP contribution in [0, 0.1) is 0 Å². The van der Waals surface area contributed by atoms with E-state index in [0.717, 1.165) is 4.31 Å². The Kier molecular flexibility index (Phi) is 4.29. The highest BCUT2D eigenvalue weighted by Gasteiger charge is 2.25. The summed E-state index contributed by atoms with van der Waals surface area (Å²) in [4.78, 5) is 13.5. The molecule has 0 atom stereocenters. The number of carboxylic acid groups (broad SMARTS) is 1. The molecule has 0 aliphatic rings. The predicted octanol–water partition coefficient (Wildman–Crippen LogP) is 0.900. The first-order valence-corrected chi connectivity index (χ1v) is 7.50. The minimum absolute atomic E-state index is 0.0572. The molecule has 2 rings (SSSR count). The van der Waals surface area contributed by atoms with E-state index in [0.29, 0.717) is 0 Å². The highest BCUT2D eigenvalue weighted by molar-refractivity contribution is 7.92. The molecule has 0 fully saturated rings. The van der Waals surface area contributed by atoms with Gasteiger partial charge in [0.05, 0.1) is 24.4 Å². The van der Waals surface area contributed by atoms with Gasteiger partial charge in [-0.25, -0.2) is 13.2 Å². The number of carbonyl (C=O) groups is 1. The number of benzene rings is 1. The van der Waals surface area contributed by atoms with Crippen LogP contribution < -0.4 is 4.31 Å². The molecule has 21 heavy (non-hydrogen) atoms. The van der Waals surface area contributed by atoms with Gasteiger partial charge in [0.25, 0.3) is 10.0 Å². The molecule has 0 aliphatic carbocycles. The zero-order valence-corrected chi connectivity index (χ0v) is 11.7. The molecule has 112 valence electrons. The summed E-state index contributed by atoms with van der Waals surface area (Å²) in [7, 11) is -3.81. The van der Waals surface area contributed by atoms with Gasteiger partial charge in [-0.05, 0) is 30.3 Å². The van der Waals surface area contributed by atoms with Crippen LogP contribution in [-0.4, -0.2) is 42.7 Å². The first kappa shape index (κ1) is 15.1. The van der Waals surface area contributed by atoms with Crippen LogP contribution in [-0.2, 0) is 10.0 Å². The molecule has 0 saturated heterocycles. The summed E-state index contributed by atoms with van der Waals surface area (Å²) in [5.74, 6) is -1.09. The lowest BCUT2D eigenvalue weighted by molar-refractivity contribution is 0.0697. The molecule has 0 radical (unpaired) electrons. The van der Waals surface area contributed by atoms with E-state index >= 15 is 0 Å². The Bertz CT molecular complexity index is 708. The lowest BCUT2D eigenvalue weighted by Crippen LogP contribution is -2.33. The molecule has 8 heteroatoms. The van der Waals surface area contributed by atoms with Gasteiger partial charge >= 0.3 is 5.97 Å². The fraction of sp³-hybridized carbons (Fsp3) is 0.154. The number of rotatable bonds is 6. The van der Waals surface area contributed by atoms with Crippen LogP contribution in [0.1, 0.15) is 10.4 Å². The van der Waals surface area contributed by atoms with E-state index in [9.17, 15) is 13.2 Å². The monoisotopic (exact) mass is 310 g/mol. The highest BCUT2D eigenvalue weighted by Crippen LogP contribution is 2.23. The molecule has 0 amide bonds. The average molecular weight is 310 g/mol. The van der Waals surface area contributed by atoms with Crippen LogP contribution in [0.15, 0.2) is 47.6 Å². The Hall–Kier alpha value is -2.32. The van der Waals surface area contributed by atoms with Crippen molar-refractivity contribution in [3.63, 3.8) is 0 Å². The fourth-order valence-corrected chi connectivity index (χ4v) is 3.28. The highest BCUT2D eigenvalue weighted by atomic mass is 32.2. The Morgan fingerprint density at radius 3 is 2.33 bits per heavy atom. The molecule has 3 N–H and O–H groups in total. The smallest absolute Gasteiger partial charge is 0.335 e. The van der Waals surface area contributed by atoms with Crippen LogP contribution in [0.25, 0.3) is 0 Å². The first-order chi connectivity index (χ1) is 9.96. The van der Waals surface area contributed by atoms with Gasteiger partial charge in [-0.3, -0.25) is 4.31 Å². The number of aromatic carboxylic acids is 1. The SMILES string of the molecule is O=C(O)c1ccc(N(CCO)S(=O)(=O)c2cc[nH]c2)cc1. The maximum absolute atomic E-state index is 12.5. The number of anilines is 1. The molecule has 0 saturated carbocycles. The number of hydrogen-bond donors (Lipinski definition) is 3. The summed E-state index contributed by atoms with van der Waals surface area (Å²) in [6.07, 6.45) is 2.82. The quantitative estimate of drug-likeness (QED) is 0.734. The van der Waals surface area contributed by atoms with Gasteiger partial charge in [0.15, 0.2) is 0 Å². The molecule has 0 unspecified atom stereocenters. The van der Waals surface area contributed by atoms with Crippen molar-refractivity contribution in [1.29, 1.82) is 0 Å². The molecule has 0 aliphatic heterocycles. The number of aliphatic hydroxyl groups is 1. The third kappa shape index (κ3) is 3.06. The van der Waals surface area contributed by atoms with Gasteiger partial charge in [-0.15, -0.1) is 0 Å². The van der Waals surface area contributed by atoms with Crippen molar-refractivity contribution >= 4 is 21.7 Å². The molecule has 2 aromatic rings. The molecule has 1 heterocycles. The molecule has 1 aromatic heterocycles. The van der Waals surface area contributed by atoms with Crippen LogP contribution in [0.4, 0.5) is 5.69 Å². The Morgan fingerprint density at radius 1 is 1.19 bits per heavy atom. The minimum atomic E-state index is -3.81. The fourth-order valence-electron chi connectivity index (χ4n) is 1.85. The van der Waals surface area contributed by atoms with Crippen LogP contribution in [0.5, 0.6) is 0 Å². The van der Waals surface area contributed by atoms with Gasteiger partial charge in [-0.1, -0.05) is 0 Å². The van der Waals surface area contributed by atoms with Gasteiger partial charge in [-0.2, -0.15) is 0 Å². The maximum Gasteiger partial charge on any atom is 0.335 e. The molecule has 0 bridgehead atoms. The van der Waals surface area contributed by atoms with Crippen molar-refractivity contribution in [3.8, 4) is 0 Å². The number of sulfonamides is 1. The molecular formula is C13H14N2O5S. The van der Waals surface area contributed by atoms with Gasteiger partial charge < -0.3 is 15.2 Å². The summed E-state index contributed by atoms with van der Waals surface area (Å²) >= 11 is 0. The van der Waals surface area contributed by atoms with Crippen molar-refractivity contribution < 1.29 is 23.4 Å². The number of hydrogen-bond acceptors (Lipinski definition) is 4. The van der Waals surface area contributed by atoms with Gasteiger partial charge in [0.1, 0.15) is 4.90 Å². The second-order valence-corrected chi connectivity index (χ2v) is 6.06. The van der Waals surface area contributed by atoms with E-state index in [2.05, 4.69) is 4.98 Å². The summed E-state index contributed by atoms with van der Waals surface area (Å²) in [5, 5.41) is 17.9. The standard InChI is InChI=1S/C13H14N2O5S/c16-8-7-15(21(19,20)12-5-6-14-9-12)11-3-1-10(2-4-11)13(17)18/h1-6,9,14,16H,7-8H2,(H,17,18). The van der Waals surface area contributed by atoms with E-state index in [1.54, 1.807) is 0 Å². The largest absolute Gasteiger partial charge is 0.478 e. The first-order valence-electron chi connectivity index (χ1n) is 6.06. The van der Waals surface area contributed by atoms with E-state index in [4.69, 9.17) is 10.2 Å². The molecule has 0 spiro atoms. The normalized spacial score (nSPS) is 11.3. The third-order valence-corrected chi connectivity index (χ3v) is 4.69. The molecule has 7 nitrogen and oxygen atoms in total. The number of aromatic nitrogens is 1. The topological polar surface area (TPSA) is 111 Å². The van der Waals surface area contributed by atoms with Gasteiger partial charge in [0, 0.05) is 12.4 Å². The molecular weight excluding hydrogens is 296 g/mol. The van der Waals surface area contributed by atoms with Crippen molar-refractivity contribution in [2.45, 2.75) is 4.90 Å². The van der Waals surface area contributed by atoms with Crippen molar-refractivity contribution in [1.82, 2.24) is 4.98 Å². The zero-order chi connectivity index (χ0) is 15.5. The second kappa shape index (κ2) is 5.98. The Balaban J connectivity index is 2.41. The van der Waals surface area contributed by atoms with E-state index < -0.39 is 16.0 Å². The Morgan fingerprint density at radius 2 is 1.86 bits per heavy atom. The number of carboxylic acids is 1. The predicted molar refractivity (Wildman–Crippen MR) is 75.8 cm³/mol.